The molecule has 190 valence electrons. The van der Waals surface area contributed by atoms with Gasteiger partial charge in [-0.1, -0.05) is 98.0 Å². The number of hydrogen-bond donors (Lipinski definition) is 0. The van der Waals surface area contributed by atoms with Crippen LogP contribution in [0.2, 0.25) is 0 Å². The molecule has 4 heterocycles. The topological polar surface area (TPSA) is 69.1 Å². The van der Waals surface area contributed by atoms with Gasteiger partial charge in [-0.2, -0.15) is 9.61 Å². The molecule has 7 heteroatoms. The van der Waals surface area contributed by atoms with Gasteiger partial charge in [0.2, 0.25) is 4.96 Å². The monoisotopic (exact) mass is 527 g/mol. The highest BCUT2D eigenvalue weighted by Gasteiger charge is 2.18. The Morgan fingerprint density at radius 2 is 1.59 bits per heavy atom. The second-order valence-corrected chi connectivity index (χ2v) is 10.8. The van der Waals surface area contributed by atoms with Crippen molar-refractivity contribution >= 4 is 27.2 Å². The summed E-state index contributed by atoms with van der Waals surface area (Å²) in [5, 5.41) is 15.7. The molecule has 7 rings (SSSR count). The van der Waals surface area contributed by atoms with Crippen molar-refractivity contribution in [1.29, 1.82) is 0 Å². The third-order valence-corrected chi connectivity index (χ3v) is 7.86. The molecule has 0 atom stereocenters. The zero-order chi connectivity index (χ0) is 26.3. The predicted molar refractivity (Wildman–Crippen MR) is 156 cm³/mol. The van der Waals surface area contributed by atoms with E-state index in [1.54, 1.807) is 0 Å². The fraction of sp³-hybridized carbons (Fsp3) is 0.125. The first-order valence-corrected chi connectivity index (χ1v) is 13.8. The second kappa shape index (κ2) is 9.60. The molecule has 0 saturated heterocycles. The third kappa shape index (κ3) is 4.41. The average molecular weight is 528 g/mol. The molecule has 0 N–H and O–H groups in total. The molecule has 0 bridgehead atoms. The van der Waals surface area contributed by atoms with Crippen molar-refractivity contribution in [1.82, 2.24) is 24.8 Å². The van der Waals surface area contributed by atoms with Gasteiger partial charge >= 0.3 is 0 Å². The van der Waals surface area contributed by atoms with Crippen LogP contribution in [0.25, 0.3) is 49.2 Å². The molecule has 4 aromatic heterocycles. The summed E-state index contributed by atoms with van der Waals surface area (Å²) in [7, 11) is 0. The molecule has 0 spiro atoms. The fourth-order valence-corrected chi connectivity index (χ4v) is 5.69. The Morgan fingerprint density at radius 3 is 2.41 bits per heavy atom. The van der Waals surface area contributed by atoms with Crippen molar-refractivity contribution in [2.24, 2.45) is 0 Å². The highest BCUT2D eigenvalue weighted by Crippen LogP contribution is 2.36. The summed E-state index contributed by atoms with van der Waals surface area (Å²) in [6.07, 6.45) is 0.668. The minimum absolute atomic E-state index is 0.491. The summed E-state index contributed by atoms with van der Waals surface area (Å²) < 4.78 is 8.17. The van der Waals surface area contributed by atoms with Crippen molar-refractivity contribution in [2.45, 2.75) is 26.2 Å². The molecule has 3 aromatic carbocycles. The SMILES string of the molecule is CC(C)c1ccc(-c2ccc(-c3cc(-c4nn5c(Cc6ccccc6)nnc5s4)c4ccccc4n3)o2)cc1. The van der Waals surface area contributed by atoms with E-state index in [1.165, 1.54) is 22.5 Å². The number of para-hydroxylation sites is 1. The minimum atomic E-state index is 0.491. The van der Waals surface area contributed by atoms with Crippen LogP contribution in [-0.2, 0) is 6.42 Å². The van der Waals surface area contributed by atoms with E-state index in [9.17, 15) is 0 Å². The van der Waals surface area contributed by atoms with Gasteiger partial charge in [-0.3, -0.25) is 0 Å². The van der Waals surface area contributed by atoms with Crippen LogP contribution in [0.4, 0.5) is 0 Å². The van der Waals surface area contributed by atoms with Crippen molar-refractivity contribution in [3.63, 3.8) is 0 Å². The van der Waals surface area contributed by atoms with Crippen LogP contribution < -0.4 is 0 Å². The van der Waals surface area contributed by atoms with E-state index in [0.717, 1.165) is 55.0 Å². The molecule has 0 aliphatic carbocycles. The zero-order valence-corrected chi connectivity index (χ0v) is 22.4. The fourth-order valence-electron chi connectivity index (χ4n) is 4.80. The van der Waals surface area contributed by atoms with E-state index in [1.807, 2.05) is 53.0 Å². The van der Waals surface area contributed by atoms with E-state index in [4.69, 9.17) is 14.5 Å². The van der Waals surface area contributed by atoms with Crippen LogP contribution in [-0.4, -0.2) is 24.8 Å². The van der Waals surface area contributed by atoms with Crippen LogP contribution in [0.1, 0.15) is 36.7 Å². The number of rotatable bonds is 6. The Balaban J connectivity index is 1.29. The molecule has 0 saturated carbocycles. The molecule has 0 aliphatic rings. The molecule has 0 amide bonds. The summed E-state index contributed by atoms with van der Waals surface area (Å²) in [4.78, 5) is 5.71. The summed E-state index contributed by atoms with van der Waals surface area (Å²) in [5.41, 5.74) is 6.18. The van der Waals surface area contributed by atoms with E-state index in [2.05, 4.69) is 72.6 Å². The van der Waals surface area contributed by atoms with Crippen LogP contribution in [0.15, 0.2) is 101 Å². The molecular weight excluding hydrogens is 502 g/mol. The van der Waals surface area contributed by atoms with Crippen molar-refractivity contribution < 1.29 is 4.42 Å². The number of fused-ring (bicyclic) bond motifs is 2. The van der Waals surface area contributed by atoms with E-state index < -0.39 is 0 Å². The van der Waals surface area contributed by atoms with Crippen molar-refractivity contribution in [3.8, 4) is 33.3 Å². The van der Waals surface area contributed by atoms with Gasteiger partial charge in [0.1, 0.15) is 16.5 Å². The van der Waals surface area contributed by atoms with Crippen LogP contribution in [0.3, 0.4) is 0 Å². The van der Waals surface area contributed by atoms with Gasteiger partial charge in [-0.25, -0.2) is 4.98 Å². The molecule has 6 nitrogen and oxygen atoms in total. The highest BCUT2D eigenvalue weighted by atomic mass is 32.1. The number of furan rings is 1. The number of hydrogen-bond acceptors (Lipinski definition) is 6. The molecule has 7 aromatic rings. The summed E-state index contributed by atoms with van der Waals surface area (Å²) in [5.74, 6) is 2.85. The van der Waals surface area contributed by atoms with Crippen LogP contribution in [0, 0.1) is 0 Å². The van der Waals surface area contributed by atoms with Gasteiger partial charge in [0, 0.05) is 22.9 Å². The molecule has 39 heavy (non-hydrogen) atoms. The van der Waals surface area contributed by atoms with Crippen LogP contribution >= 0.6 is 11.3 Å². The van der Waals surface area contributed by atoms with Gasteiger partial charge in [0.05, 0.1) is 5.52 Å². The van der Waals surface area contributed by atoms with E-state index >= 15 is 0 Å². The Kier molecular flexibility index (Phi) is 5.78. The molecule has 0 radical (unpaired) electrons. The van der Waals surface area contributed by atoms with E-state index in [-0.39, 0.29) is 0 Å². The summed E-state index contributed by atoms with van der Waals surface area (Å²) in [6, 6.07) is 33.0. The Labute approximate surface area is 229 Å². The molecule has 0 unspecified atom stereocenters. The third-order valence-electron chi connectivity index (χ3n) is 6.93. The van der Waals surface area contributed by atoms with Crippen LogP contribution in [0.5, 0.6) is 0 Å². The molecule has 0 fully saturated rings. The lowest BCUT2D eigenvalue weighted by molar-refractivity contribution is 0.595. The first-order chi connectivity index (χ1) is 19.1. The quantitative estimate of drug-likeness (QED) is 0.219. The number of nitrogens with zero attached hydrogens (tertiary/aromatic N) is 5. The van der Waals surface area contributed by atoms with Crippen molar-refractivity contribution in [2.75, 3.05) is 0 Å². The second-order valence-electron chi connectivity index (χ2n) is 9.89. The lowest BCUT2D eigenvalue weighted by atomic mass is 10.0. The van der Waals surface area contributed by atoms with Gasteiger partial charge in [-0.05, 0) is 41.3 Å². The smallest absolute Gasteiger partial charge is 0.234 e. The van der Waals surface area contributed by atoms with E-state index in [0.29, 0.717) is 12.3 Å². The standard InChI is InChI=1S/C32H25N5OS/c1-20(2)22-12-14-23(15-13-22)28-16-17-29(38-28)27-19-25(24-10-6-7-11-26(24)33-27)31-36-37-30(34-35-32(37)39-31)18-21-8-4-3-5-9-21/h3-17,19-20H,18H2,1-2H3. The minimum Gasteiger partial charge on any atom is -0.454 e. The number of benzene rings is 3. The summed E-state index contributed by atoms with van der Waals surface area (Å²) in [6.45, 7) is 4.40. The van der Waals surface area contributed by atoms with Crippen molar-refractivity contribution in [3.05, 3.63) is 114 Å². The Bertz CT molecular complexity index is 1920. The highest BCUT2D eigenvalue weighted by molar-refractivity contribution is 7.19. The maximum atomic E-state index is 6.32. The predicted octanol–water partition coefficient (Wildman–Crippen LogP) is 8.04. The van der Waals surface area contributed by atoms with Gasteiger partial charge < -0.3 is 4.42 Å². The largest absolute Gasteiger partial charge is 0.454 e. The Hall–Kier alpha value is -4.62. The maximum absolute atomic E-state index is 6.32. The molecule has 0 aliphatic heterocycles. The first-order valence-electron chi connectivity index (χ1n) is 13.0. The summed E-state index contributed by atoms with van der Waals surface area (Å²) >= 11 is 1.53. The Morgan fingerprint density at radius 1 is 0.821 bits per heavy atom. The first kappa shape index (κ1) is 23.5. The normalized spacial score (nSPS) is 11.7. The van der Waals surface area contributed by atoms with Gasteiger partial charge in [-0.15, -0.1) is 10.2 Å². The van der Waals surface area contributed by atoms with Gasteiger partial charge in [0.25, 0.3) is 0 Å². The lowest BCUT2D eigenvalue weighted by Crippen LogP contribution is -1.98. The lowest BCUT2D eigenvalue weighted by Gasteiger charge is -2.07. The number of pyridine rings is 1. The maximum Gasteiger partial charge on any atom is 0.234 e. The zero-order valence-electron chi connectivity index (χ0n) is 21.6. The average Bonchev–Trinajstić information content (AvgIpc) is 3.71. The number of aromatic nitrogens is 5. The van der Waals surface area contributed by atoms with Gasteiger partial charge in [0.15, 0.2) is 11.6 Å². The molecular formula is C32H25N5OS.